The molecule has 3 aromatic rings. The molecule has 1 aromatic carbocycles. The molecule has 8 nitrogen and oxygen atoms in total. The number of benzene rings is 1. The van der Waals surface area contributed by atoms with Crippen molar-refractivity contribution in [1.82, 2.24) is 24.4 Å². The van der Waals surface area contributed by atoms with Crippen LogP contribution < -0.4 is 9.64 Å². The van der Waals surface area contributed by atoms with Gasteiger partial charge in [-0.2, -0.15) is 0 Å². The molecule has 2 aliphatic rings. The first kappa shape index (κ1) is 19.3. The Morgan fingerprint density at radius 1 is 1.07 bits per heavy atom. The zero-order valence-electron chi connectivity index (χ0n) is 17.6. The number of anilines is 1. The SMILES string of the molecule is CC(C)Oc1ncnc2ccc(N3CCN(Cc4cnc5n4CCOC5)CC3)cc12. The van der Waals surface area contributed by atoms with Gasteiger partial charge in [0.15, 0.2) is 0 Å². The first-order valence-corrected chi connectivity index (χ1v) is 10.7. The minimum Gasteiger partial charge on any atom is -0.474 e. The third kappa shape index (κ3) is 3.85. The lowest BCUT2D eigenvalue weighted by Gasteiger charge is -2.36. The van der Waals surface area contributed by atoms with E-state index in [-0.39, 0.29) is 6.10 Å². The van der Waals surface area contributed by atoms with Crippen molar-refractivity contribution in [3.8, 4) is 5.88 Å². The predicted octanol–water partition coefficient (Wildman–Crippen LogP) is 2.47. The van der Waals surface area contributed by atoms with Crippen molar-refractivity contribution >= 4 is 16.6 Å². The Balaban J connectivity index is 1.27. The quantitative estimate of drug-likeness (QED) is 0.642. The molecule has 4 heterocycles. The van der Waals surface area contributed by atoms with Crippen LogP contribution in [-0.2, 0) is 24.4 Å². The van der Waals surface area contributed by atoms with E-state index >= 15 is 0 Å². The molecule has 1 fully saturated rings. The minimum atomic E-state index is 0.0798. The van der Waals surface area contributed by atoms with Crippen molar-refractivity contribution in [2.75, 3.05) is 37.7 Å². The van der Waals surface area contributed by atoms with Gasteiger partial charge in [-0.1, -0.05) is 0 Å². The Morgan fingerprint density at radius 3 is 2.77 bits per heavy atom. The summed E-state index contributed by atoms with van der Waals surface area (Å²) in [6, 6.07) is 6.38. The van der Waals surface area contributed by atoms with Crippen molar-refractivity contribution in [3.63, 3.8) is 0 Å². The fourth-order valence-corrected chi connectivity index (χ4v) is 4.22. The second-order valence-corrected chi connectivity index (χ2v) is 8.18. The summed E-state index contributed by atoms with van der Waals surface area (Å²) < 4.78 is 13.7. The molecule has 8 heteroatoms. The van der Waals surface area contributed by atoms with Gasteiger partial charge in [0.05, 0.1) is 29.3 Å². The van der Waals surface area contributed by atoms with Crippen LogP contribution in [-0.4, -0.2) is 63.3 Å². The number of piperazine rings is 1. The summed E-state index contributed by atoms with van der Waals surface area (Å²) >= 11 is 0. The van der Waals surface area contributed by atoms with Crippen LogP contribution in [0, 0.1) is 0 Å². The Hall–Kier alpha value is -2.71. The first-order chi connectivity index (χ1) is 14.7. The van der Waals surface area contributed by atoms with Crippen molar-refractivity contribution in [2.24, 2.45) is 0 Å². The molecule has 0 radical (unpaired) electrons. The molecule has 0 amide bonds. The molecule has 158 valence electrons. The van der Waals surface area contributed by atoms with Crippen LogP contribution in [0.2, 0.25) is 0 Å². The number of nitrogens with zero attached hydrogens (tertiary/aromatic N) is 6. The van der Waals surface area contributed by atoms with Gasteiger partial charge in [-0.25, -0.2) is 15.0 Å². The Labute approximate surface area is 176 Å². The number of imidazole rings is 1. The van der Waals surface area contributed by atoms with E-state index in [9.17, 15) is 0 Å². The number of ether oxygens (including phenoxy) is 2. The lowest BCUT2D eigenvalue weighted by molar-refractivity contribution is 0.0795. The van der Waals surface area contributed by atoms with Crippen LogP contribution in [0.3, 0.4) is 0 Å². The van der Waals surface area contributed by atoms with Gasteiger partial charge in [0, 0.05) is 51.2 Å². The molecule has 0 N–H and O–H groups in total. The maximum atomic E-state index is 5.90. The maximum absolute atomic E-state index is 5.90. The number of rotatable bonds is 5. The highest BCUT2D eigenvalue weighted by molar-refractivity contribution is 5.86. The number of fused-ring (bicyclic) bond motifs is 2. The molecule has 1 saturated heterocycles. The van der Waals surface area contributed by atoms with Gasteiger partial charge in [-0.05, 0) is 32.0 Å². The molecule has 0 bridgehead atoms. The Bertz CT molecular complexity index is 1030. The highest BCUT2D eigenvalue weighted by Crippen LogP contribution is 2.28. The number of aromatic nitrogens is 4. The van der Waals surface area contributed by atoms with Crippen molar-refractivity contribution in [1.29, 1.82) is 0 Å². The monoisotopic (exact) mass is 408 g/mol. The van der Waals surface area contributed by atoms with Crippen LogP contribution in [0.25, 0.3) is 10.9 Å². The van der Waals surface area contributed by atoms with Gasteiger partial charge in [0.25, 0.3) is 0 Å². The lowest BCUT2D eigenvalue weighted by atomic mass is 10.2. The largest absolute Gasteiger partial charge is 0.474 e. The zero-order valence-corrected chi connectivity index (χ0v) is 17.6. The summed E-state index contributed by atoms with van der Waals surface area (Å²) in [7, 11) is 0. The molecule has 5 rings (SSSR count). The Kier molecular flexibility index (Phi) is 5.26. The molecule has 0 spiro atoms. The van der Waals surface area contributed by atoms with Crippen molar-refractivity contribution in [2.45, 2.75) is 39.6 Å². The first-order valence-electron chi connectivity index (χ1n) is 10.7. The molecular weight excluding hydrogens is 380 g/mol. The van der Waals surface area contributed by atoms with Gasteiger partial charge >= 0.3 is 0 Å². The van der Waals surface area contributed by atoms with E-state index in [2.05, 4.69) is 47.5 Å². The highest BCUT2D eigenvalue weighted by Gasteiger charge is 2.21. The van der Waals surface area contributed by atoms with Crippen LogP contribution in [0.5, 0.6) is 5.88 Å². The van der Waals surface area contributed by atoms with Gasteiger partial charge < -0.3 is 18.9 Å². The van der Waals surface area contributed by atoms with Gasteiger partial charge in [0.2, 0.25) is 5.88 Å². The fourth-order valence-electron chi connectivity index (χ4n) is 4.22. The topological polar surface area (TPSA) is 68.5 Å². The predicted molar refractivity (Wildman–Crippen MR) is 115 cm³/mol. The summed E-state index contributed by atoms with van der Waals surface area (Å²) in [5.74, 6) is 1.71. The molecule has 0 aliphatic carbocycles. The second kappa shape index (κ2) is 8.20. The van der Waals surface area contributed by atoms with Gasteiger partial charge in [0.1, 0.15) is 18.8 Å². The summed E-state index contributed by atoms with van der Waals surface area (Å²) in [5.41, 5.74) is 3.40. The molecule has 2 aromatic heterocycles. The van der Waals surface area contributed by atoms with E-state index in [4.69, 9.17) is 9.47 Å². The highest BCUT2D eigenvalue weighted by atomic mass is 16.5. The average molecular weight is 409 g/mol. The standard InChI is InChI=1S/C22H28N6O2/c1-16(2)30-22-19-11-17(3-4-20(19)24-15-25-22)27-7-5-26(6-8-27)13-18-12-23-21-14-29-10-9-28(18)21/h3-4,11-12,15-16H,5-10,13-14H2,1-2H3. The van der Waals surface area contributed by atoms with Crippen LogP contribution in [0.1, 0.15) is 25.4 Å². The third-order valence-electron chi connectivity index (χ3n) is 5.76. The molecule has 2 aliphatic heterocycles. The molecule has 0 unspecified atom stereocenters. The van der Waals surface area contributed by atoms with Gasteiger partial charge in [-0.15, -0.1) is 0 Å². The molecule has 30 heavy (non-hydrogen) atoms. The van der Waals surface area contributed by atoms with E-state index in [1.807, 2.05) is 20.0 Å². The van der Waals surface area contributed by atoms with Crippen molar-refractivity contribution < 1.29 is 9.47 Å². The van der Waals surface area contributed by atoms with Crippen LogP contribution in [0.4, 0.5) is 5.69 Å². The maximum Gasteiger partial charge on any atom is 0.224 e. The van der Waals surface area contributed by atoms with Crippen LogP contribution in [0.15, 0.2) is 30.7 Å². The Morgan fingerprint density at radius 2 is 1.93 bits per heavy atom. The summed E-state index contributed by atoms with van der Waals surface area (Å²) in [6.45, 7) is 11.3. The average Bonchev–Trinajstić information content (AvgIpc) is 3.17. The second-order valence-electron chi connectivity index (χ2n) is 8.18. The van der Waals surface area contributed by atoms with Gasteiger partial charge in [-0.3, -0.25) is 4.90 Å². The molecule has 0 saturated carbocycles. The normalized spacial score (nSPS) is 17.5. The molecule has 0 atom stereocenters. The smallest absolute Gasteiger partial charge is 0.224 e. The fraction of sp³-hybridized carbons (Fsp3) is 0.500. The summed E-state index contributed by atoms with van der Waals surface area (Å²) in [4.78, 5) is 18.2. The number of hydrogen-bond acceptors (Lipinski definition) is 7. The van der Waals surface area contributed by atoms with Crippen LogP contribution >= 0.6 is 0 Å². The molecular formula is C22H28N6O2. The summed E-state index contributed by atoms with van der Waals surface area (Å²) in [6.07, 6.45) is 3.66. The van der Waals surface area contributed by atoms with E-state index < -0.39 is 0 Å². The minimum absolute atomic E-state index is 0.0798. The van der Waals surface area contributed by atoms with E-state index in [0.717, 1.165) is 62.6 Å². The number of hydrogen-bond donors (Lipinski definition) is 0. The van der Waals surface area contributed by atoms with E-state index in [1.54, 1.807) is 6.33 Å². The third-order valence-corrected chi connectivity index (χ3v) is 5.76. The van der Waals surface area contributed by atoms with E-state index in [1.165, 1.54) is 11.4 Å². The van der Waals surface area contributed by atoms with Crippen molar-refractivity contribution in [3.05, 3.63) is 42.2 Å². The lowest BCUT2D eigenvalue weighted by Crippen LogP contribution is -2.46. The van der Waals surface area contributed by atoms with E-state index in [0.29, 0.717) is 12.5 Å². The zero-order chi connectivity index (χ0) is 20.5. The summed E-state index contributed by atoms with van der Waals surface area (Å²) in [5, 5.41) is 0.972.